The molecule has 3 heteroatoms. The number of para-hydroxylation sites is 2. The van der Waals surface area contributed by atoms with E-state index in [1.165, 1.54) is 0 Å². The van der Waals surface area contributed by atoms with Crippen LogP contribution in [0.4, 0.5) is 0 Å². The number of benzene rings is 1. The van der Waals surface area contributed by atoms with Crippen LogP contribution in [0.2, 0.25) is 0 Å². The number of rotatable bonds is 1. The molecular formula is C17H14FeN2. The van der Waals surface area contributed by atoms with Crippen LogP contribution >= 0.6 is 0 Å². The molecule has 0 saturated heterocycles. The van der Waals surface area contributed by atoms with Gasteiger partial charge < -0.3 is 4.98 Å². The number of fused-ring (bicyclic) bond motifs is 1. The fourth-order valence-electron chi connectivity index (χ4n) is 1.94. The Balaban J connectivity index is 0.000000210. The van der Waals surface area contributed by atoms with Crippen molar-refractivity contribution in [2.24, 2.45) is 0 Å². The molecule has 2 fully saturated rings. The van der Waals surface area contributed by atoms with Gasteiger partial charge in [0.15, 0.2) is 0 Å². The minimum absolute atomic E-state index is 0. The maximum atomic E-state index is 4.50. The zero-order chi connectivity index (χ0) is 12.9. The Labute approximate surface area is 132 Å². The minimum atomic E-state index is 0. The molecule has 2 aliphatic carbocycles. The summed E-state index contributed by atoms with van der Waals surface area (Å²) in [5.41, 5.74) is 2.10. The van der Waals surface area contributed by atoms with Crippen molar-refractivity contribution in [2.75, 3.05) is 0 Å². The Hall–Kier alpha value is -0.791. The van der Waals surface area contributed by atoms with Gasteiger partial charge in [0, 0.05) is 23.0 Å². The Kier molecular flexibility index (Phi) is 6.12. The van der Waals surface area contributed by atoms with Crippen molar-refractivity contribution < 1.29 is 17.1 Å². The van der Waals surface area contributed by atoms with Crippen LogP contribution in [0.5, 0.6) is 0 Å². The monoisotopic (exact) mass is 302 g/mol. The average Bonchev–Trinajstić information content (AvgIpc) is 3.20. The summed E-state index contributed by atoms with van der Waals surface area (Å²) in [4.78, 5) is 7.79. The first-order chi connectivity index (χ1) is 9.43. The molecule has 2 aliphatic rings. The molecular weight excluding hydrogens is 288 g/mol. The summed E-state index contributed by atoms with van der Waals surface area (Å²) in [6.45, 7) is 0. The topological polar surface area (TPSA) is 28.7 Å². The molecule has 20 heavy (non-hydrogen) atoms. The third-order valence-corrected chi connectivity index (χ3v) is 2.88. The maximum Gasteiger partial charge on any atom is 0.115 e. The SMILES string of the molecule is [CH]1[CH][CH][CH][CH]1.[CH]1[CH][CH][C](c2nc3ccccc3[nH]2)[CH]1.[Fe]. The van der Waals surface area contributed by atoms with Gasteiger partial charge in [0.25, 0.3) is 0 Å². The predicted octanol–water partition coefficient (Wildman–Crippen LogP) is 3.34. The van der Waals surface area contributed by atoms with Gasteiger partial charge in [-0.3, -0.25) is 0 Å². The van der Waals surface area contributed by atoms with Gasteiger partial charge in [0.1, 0.15) is 5.82 Å². The van der Waals surface area contributed by atoms with Crippen molar-refractivity contribution in [1.82, 2.24) is 9.97 Å². The van der Waals surface area contributed by atoms with E-state index in [4.69, 9.17) is 0 Å². The first-order valence-corrected chi connectivity index (χ1v) is 6.27. The standard InChI is InChI=1S/C12H9N2.C5H5.Fe/c1-2-6-9(5-1)12-13-10-7-3-4-8-11(10)14-12;1-2-4-5-3-1;/h1-8H,(H,13,14);1-5H;. The van der Waals surface area contributed by atoms with Crippen molar-refractivity contribution in [3.8, 4) is 0 Å². The zero-order valence-corrected chi connectivity index (χ0v) is 11.9. The van der Waals surface area contributed by atoms with E-state index in [0.29, 0.717) is 0 Å². The van der Waals surface area contributed by atoms with E-state index in [9.17, 15) is 0 Å². The molecule has 0 amide bonds. The largest absolute Gasteiger partial charge is 0.341 e. The molecule has 4 rings (SSSR count). The van der Waals surface area contributed by atoms with Gasteiger partial charge in [0.05, 0.1) is 11.0 Å². The Morgan fingerprint density at radius 2 is 1.35 bits per heavy atom. The first-order valence-electron chi connectivity index (χ1n) is 6.27. The molecule has 10 radical (unpaired) electrons. The van der Waals surface area contributed by atoms with Crippen LogP contribution in [-0.2, 0) is 17.1 Å². The van der Waals surface area contributed by atoms with E-state index in [1.807, 2.05) is 69.2 Å². The van der Waals surface area contributed by atoms with E-state index in [-0.39, 0.29) is 17.1 Å². The molecule has 2 nitrogen and oxygen atoms in total. The summed E-state index contributed by atoms with van der Waals surface area (Å²) < 4.78 is 0. The number of imidazole rings is 1. The van der Waals surface area contributed by atoms with Crippen molar-refractivity contribution >= 4 is 11.0 Å². The van der Waals surface area contributed by atoms with Crippen LogP contribution in [0.1, 0.15) is 5.82 Å². The minimum Gasteiger partial charge on any atom is -0.341 e. The molecule has 100 valence electrons. The van der Waals surface area contributed by atoms with Crippen molar-refractivity contribution in [2.45, 2.75) is 0 Å². The fraction of sp³-hybridized carbons (Fsp3) is 0. The van der Waals surface area contributed by atoms with Gasteiger partial charge in [-0.25, -0.2) is 4.98 Å². The summed E-state index contributed by atoms with van der Waals surface area (Å²) in [5, 5.41) is 0. The Morgan fingerprint density at radius 1 is 0.750 bits per heavy atom. The summed E-state index contributed by atoms with van der Waals surface area (Å²) in [6.07, 6.45) is 18.1. The third-order valence-electron chi connectivity index (χ3n) is 2.88. The van der Waals surface area contributed by atoms with E-state index in [0.717, 1.165) is 22.8 Å². The summed E-state index contributed by atoms with van der Waals surface area (Å²) in [5.74, 6) is 2.08. The molecule has 2 aromatic rings. The molecule has 1 N–H and O–H groups in total. The van der Waals surface area contributed by atoms with Gasteiger partial charge in [-0.15, -0.1) is 0 Å². The van der Waals surface area contributed by atoms with E-state index in [2.05, 4.69) is 22.8 Å². The number of hydrogen-bond donors (Lipinski definition) is 1. The summed E-state index contributed by atoms with van der Waals surface area (Å²) in [6, 6.07) is 8.06. The number of nitrogens with one attached hydrogen (secondary N) is 1. The molecule has 0 aliphatic heterocycles. The third kappa shape index (κ3) is 3.86. The molecule has 1 aromatic carbocycles. The van der Waals surface area contributed by atoms with Crippen LogP contribution in [0.25, 0.3) is 11.0 Å². The Bertz CT molecular complexity index is 470. The zero-order valence-electron chi connectivity index (χ0n) is 10.8. The van der Waals surface area contributed by atoms with Crippen LogP contribution in [0, 0.1) is 63.7 Å². The number of H-pyrrole nitrogens is 1. The number of nitrogens with zero attached hydrogens (tertiary/aromatic N) is 1. The molecule has 0 atom stereocenters. The van der Waals surface area contributed by atoms with Crippen LogP contribution in [0.3, 0.4) is 0 Å². The normalized spacial score (nSPS) is 18.6. The van der Waals surface area contributed by atoms with Gasteiger partial charge >= 0.3 is 0 Å². The van der Waals surface area contributed by atoms with Crippen LogP contribution in [0.15, 0.2) is 24.3 Å². The molecule has 0 unspecified atom stereocenters. The number of aromatic amines is 1. The van der Waals surface area contributed by atoms with E-state index in [1.54, 1.807) is 0 Å². The second-order valence-corrected chi connectivity index (χ2v) is 4.24. The quantitative estimate of drug-likeness (QED) is 0.804. The predicted molar refractivity (Wildman–Crippen MR) is 77.1 cm³/mol. The van der Waals surface area contributed by atoms with Crippen molar-refractivity contribution in [3.05, 3.63) is 93.8 Å². The van der Waals surface area contributed by atoms with E-state index >= 15 is 0 Å². The molecule has 1 aromatic heterocycles. The average molecular weight is 302 g/mol. The van der Waals surface area contributed by atoms with Crippen molar-refractivity contribution in [1.29, 1.82) is 0 Å². The van der Waals surface area contributed by atoms with Gasteiger partial charge in [-0.05, 0) is 69.9 Å². The summed E-state index contributed by atoms with van der Waals surface area (Å²) >= 11 is 0. The number of aromatic nitrogens is 2. The van der Waals surface area contributed by atoms with Gasteiger partial charge in [-0.1, -0.05) is 12.1 Å². The van der Waals surface area contributed by atoms with Gasteiger partial charge in [0.2, 0.25) is 0 Å². The molecule has 2 saturated carbocycles. The van der Waals surface area contributed by atoms with E-state index < -0.39 is 0 Å². The van der Waals surface area contributed by atoms with Crippen LogP contribution < -0.4 is 0 Å². The smallest absolute Gasteiger partial charge is 0.115 e. The van der Waals surface area contributed by atoms with Crippen LogP contribution in [-0.4, -0.2) is 9.97 Å². The van der Waals surface area contributed by atoms with Gasteiger partial charge in [-0.2, -0.15) is 0 Å². The second kappa shape index (κ2) is 7.85. The molecule has 0 bridgehead atoms. The molecule has 0 spiro atoms. The summed E-state index contributed by atoms with van der Waals surface area (Å²) in [7, 11) is 0. The molecule has 1 heterocycles. The second-order valence-electron chi connectivity index (χ2n) is 4.24. The first kappa shape index (κ1) is 15.6. The number of hydrogen-bond acceptors (Lipinski definition) is 1. The maximum absolute atomic E-state index is 4.50. The van der Waals surface area contributed by atoms with Crippen molar-refractivity contribution in [3.63, 3.8) is 0 Å². The Morgan fingerprint density at radius 3 is 1.95 bits per heavy atom. The fourth-order valence-corrected chi connectivity index (χ4v) is 1.94.